The van der Waals surface area contributed by atoms with E-state index in [4.69, 9.17) is 9.84 Å². The third-order valence-corrected chi connectivity index (χ3v) is 11.7. The molecule has 63 heavy (non-hydrogen) atoms. The Hall–Kier alpha value is -5.64. The van der Waals surface area contributed by atoms with Crippen LogP contribution in [-0.2, 0) is 57.7 Å². The summed E-state index contributed by atoms with van der Waals surface area (Å²) in [5.74, 6) is -6.56. The summed E-state index contributed by atoms with van der Waals surface area (Å²) in [4.78, 5) is 110. The smallest absolute Gasteiger partial charge is 0.410 e. The number of ketones is 2. The summed E-state index contributed by atoms with van der Waals surface area (Å²) in [6.07, 6.45) is 0.361. The van der Waals surface area contributed by atoms with E-state index in [1.165, 1.54) is 4.90 Å². The van der Waals surface area contributed by atoms with E-state index in [0.717, 1.165) is 16.7 Å². The van der Waals surface area contributed by atoms with Crippen LogP contribution in [0.1, 0.15) is 103 Å². The summed E-state index contributed by atoms with van der Waals surface area (Å²) in [6.45, 7) is 8.91. The molecule has 0 spiro atoms. The molecule has 344 valence electrons. The van der Waals surface area contributed by atoms with Crippen molar-refractivity contribution in [3.63, 3.8) is 0 Å². The van der Waals surface area contributed by atoms with Crippen LogP contribution in [0.3, 0.4) is 0 Å². The lowest BCUT2D eigenvalue weighted by Crippen LogP contribution is -2.58. The number of likely N-dealkylation sites (tertiary alicyclic amines) is 1. The van der Waals surface area contributed by atoms with Crippen molar-refractivity contribution in [2.24, 2.45) is 17.8 Å². The van der Waals surface area contributed by atoms with Gasteiger partial charge >= 0.3 is 12.1 Å². The van der Waals surface area contributed by atoms with Crippen molar-refractivity contribution in [1.29, 1.82) is 0 Å². The van der Waals surface area contributed by atoms with Crippen LogP contribution in [0.2, 0.25) is 0 Å². The van der Waals surface area contributed by atoms with Gasteiger partial charge in [-0.1, -0.05) is 95.6 Å². The quantitative estimate of drug-likeness (QED) is 0.0798. The van der Waals surface area contributed by atoms with Crippen molar-refractivity contribution in [3.05, 3.63) is 71.3 Å². The molecule has 3 unspecified atom stereocenters. The number of rotatable bonds is 23. The first-order valence-corrected chi connectivity index (χ1v) is 22.2. The SMILES string of the molecule is CCCC(NC(=O)C1CC(OC(=O)N2CCc3ccccc3C2)CN1C(=O)[C@@H](NC(=O)[C@@H](CC(=O)CCCCC(=O)O)C(C)C)C(C)C)C(=O)C(=O)N[C@H](CO)Cc1ccccc1. The maximum absolute atomic E-state index is 14.6. The molecule has 1 fully saturated rings. The van der Waals surface area contributed by atoms with Gasteiger partial charge in [0.15, 0.2) is 0 Å². The van der Waals surface area contributed by atoms with E-state index in [9.17, 15) is 43.5 Å². The zero-order valence-corrected chi connectivity index (χ0v) is 37.2. The lowest BCUT2D eigenvalue weighted by molar-refractivity contribution is -0.145. The van der Waals surface area contributed by atoms with Gasteiger partial charge in [0.1, 0.15) is 24.0 Å². The van der Waals surface area contributed by atoms with Gasteiger partial charge in [-0.05, 0) is 60.6 Å². The number of nitrogens with zero attached hydrogens (tertiary/aromatic N) is 2. The number of carbonyl (C=O) groups is 8. The molecule has 0 saturated carbocycles. The number of amides is 5. The molecule has 0 aromatic heterocycles. The first-order chi connectivity index (χ1) is 30.0. The molecular weight excluding hydrogens is 811 g/mol. The minimum Gasteiger partial charge on any atom is -0.481 e. The lowest BCUT2D eigenvalue weighted by atomic mass is 9.88. The van der Waals surface area contributed by atoms with Crippen LogP contribution in [0.15, 0.2) is 54.6 Å². The summed E-state index contributed by atoms with van der Waals surface area (Å²) in [5.41, 5.74) is 2.95. The molecule has 2 aliphatic heterocycles. The van der Waals surface area contributed by atoms with Gasteiger partial charge in [0.25, 0.3) is 5.91 Å². The molecule has 2 aliphatic rings. The number of benzene rings is 2. The van der Waals surface area contributed by atoms with E-state index in [1.807, 2.05) is 54.6 Å². The van der Waals surface area contributed by atoms with Crippen LogP contribution in [-0.4, -0.2) is 117 Å². The number of carboxylic acids is 1. The second-order valence-electron chi connectivity index (χ2n) is 17.4. The van der Waals surface area contributed by atoms with E-state index in [-0.39, 0.29) is 56.8 Å². The number of hydrogen-bond donors (Lipinski definition) is 5. The third-order valence-electron chi connectivity index (χ3n) is 11.7. The number of hydrogen-bond acceptors (Lipinski definition) is 10. The molecule has 5 N–H and O–H groups in total. The van der Waals surface area contributed by atoms with Crippen LogP contribution < -0.4 is 16.0 Å². The third kappa shape index (κ3) is 14.7. The number of carbonyl (C=O) groups excluding carboxylic acids is 7. The molecule has 6 atom stereocenters. The van der Waals surface area contributed by atoms with Crippen molar-refractivity contribution < 1.29 is 53.3 Å². The first-order valence-electron chi connectivity index (χ1n) is 22.2. The second kappa shape index (κ2) is 24.3. The van der Waals surface area contributed by atoms with Crippen molar-refractivity contribution in [1.82, 2.24) is 25.8 Å². The van der Waals surface area contributed by atoms with Crippen molar-refractivity contribution >= 4 is 47.3 Å². The summed E-state index contributed by atoms with van der Waals surface area (Å²) >= 11 is 0. The lowest BCUT2D eigenvalue weighted by Gasteiger charge is -2.32. The molecule has 2 heterocycles. The Bertz CT molecular complexity index is 1920. The summed E-state index contributed by atoms with van der Waals surface area (Å²) < 4.78 is 5.96. The minimum absolute atomic E-state index is 0.0624. The Labute approximate surface area is 369 Å². The number of aliphatic hydroxyl groups excluding tert-OH is 1. The molecule has 1 saturated heterocycles. The Morgan fingerprint density at radius 2 is 1.51 bits per heavy atom. The topological polar surface area (TPSA) is 229 Å². The van der Waals surface area contributed by atoms with Crippen LogP contribution >= 0.6 is 0 Å². The van der Waals surface area contributed by atoms with Crippen LogP contribution in [0.4, 0.5) is 4.79 Å². The number of unbranched alkanes of at least 4 members (excludes halogenated alkanes) is 1. The highest BCUT2D eigenvalue weighted by molar-refractivity contribution is 6.38. The molecule has 5 amide bonds. The summed E-state index contributed by atoms with van der Waals surface area (Å²) in [6, 6.07) is 12.4. The average molecular weight is 876 g/mol. The Morgan fingerprint density at radius 1 is 0.841 bits per heavy atom. The number of ether oxygens (including phenoxy) is 1. The minimum atomic E-state index is -1.28. The van der Waals surface area contributed by atoms with E-state index in [0.29, 0.717) is 38.8 Å². The monoisotopic (exact) mass is 875 g/mol. The molecule has 16 nitrogen and oxygen atoms in total. The van der Waals surface area contributed by atoms with Gasteiger partial charge in [-0.25, -0.2) is 4.79 Å². The van der Waals surface area contributed by atoms with Gasteiger partial charge in [0.05, 0.1) is 25.2 Å². The maximum Gasteiger partial charge on any atom is 0.410 e. The van der Waals surface area contributed by atoms with E-state index in [2.05, 4.69) is 16.0 Å². The van der Waals surface area contributed by atoms with Gasteiger partial charge in [-0.2, -0.15) is 0 Å². The van der Waals surface area contributed by atoms with Crippen molar-refractivity contribution in [3.8, 4) is 0 Å². The number of aliphatic carboxylic acids is 1. The fraction of sp³-hybridized carbons (Fsp3) is 0.574. The number of carboxylic acid groups (broad SMARTS) is 1. The number of aliphatic hydroxyl groups is 1. The predicted molar refractivity (Wildman–Crippen MR) is 233 cm³/mol. The highest BCUT2D eigenvalue weighted by Gasteiger charge is 2.46. The molecule has 16 heteroatoms. The highest BCUT2D eigenvalue weighted by atomic mass is 16.6. The van der Waals surface area contributed by atoms with Crippen LogP contribution in [0, 0.1) is 17.8 Å². The molecule has 0 radical (unpaired) electrons. The van der Waals surface area contributed by atoms with Crippen molar-refractivity contribution in [2.45, 2.75) is 136 Å². The van der Waals surface area contributed by atoms with E-state index in [1.54, 1.807) is 39.5 Å². The average Bonchev–Trinajstić information content (AvgIpc) is 3.68. The maximum atomic E-state index is 14.6. The van der Waals surface area contributed by atoms with Crippen LogP contribution in [0.25, 0.3) is 0 Å². The van der Waals surface area contributed by atoms with E-state index >= 15 is 0 Å². The molecule has 2 aromatic rings. The van der Waals surface area contributed by atoms with Crippen molar-refractivity contribution in [2.75, 3.05) is 19.7 Å². The summed E-state index contributed by atoms with van der Waals surface area (Å²) in [5, 5.41) is 27.0. The van der Waals surface area contributed by atoms with Gasteiger partial charge in [0, 0.05) is 44.7 Å². The molecular formula is C47H65N5O11. The summed E-state index contributed by atoms with van der Waals surface area (Å²) in [7, 11) is 0. The fourth-order valence-corrected chi connectivity index (χ4v) is 8.07. The van der Waals surface area contributed by atoms with E-state index < -0.39 is 90.2 Å². The standard InChI is InChI=1S/C47H65N5O11/c1-6-14-38(42(57)45(60)48-34(28-53)23-31-15-8-7-9-16-31)49-44(59)39-25-36(63-47(62)51-22-21-32-17-10-11-18-33(32)26-51)27-52(39)46(61)41(30(4)5)50-43(58)37(29(2)3)24-35(54)19-12-13-20-40(55)56/h7-11,15-18,29-30,34,36-39,41,53H,6,12-14,19-28H2,1-5H3,(H,48,60)(H,49,59)(H,50,58)(H,55,56)/t34-,36?,37-,38?,39?,41-/m0/s1. The first kappa shape index (κ1) is 50.0. The highest BCUT2D eigenvalue weighted by Crippen LogP contribution is 2.27. The van der Waals surface area contributed by atoms with Crippen LogP contribution in [0.5, 0.6) is 0 Å². The Kier molecular flexibility index (Phi) is 19.3. The van der Waals surface area contributed by atoms with Gasteiger partial charge < -0.3 is 40.7 Å². The van der Waals surface area contributed by atoms with Gasteiger partial charge in [-0.15, -0.1) is 0 Å². The van der Waals surface area contributed by atoms with Gasteiger partial charge in [-0.3, -0.25) is 33.6 Å². The fourth-order valence-electron chi connectivity index (χ4n) is 8.07. The number of nitrogens with one attached hydrogen (secondary N) is 3. The number of fused-ring (bicyclic) bond motifs is 1. The molecule has 0 bridgehead atoms. The predicted octanol–water partition coefficient (Wildman–Crippen LogP) is 3.74. The Morgan fingerprint density at radius 3 is 2.14 bits per heavy atom. The Balaban J connectivity index is 1.53. The number of Topliss-reactive ketones (excluding diaryl/α,β-unsaturated/α-hetero) is 2. The van der Waals surface area contributed by atoms with Gasteiger partial charge in [0.2, 0.25) is 23.5 Å². The largest absolute Gasteiger partial charge is 0.481 e. The molecule has 2 aromatic carbocycles. The normalized spacial score (nSPS) is 17.8. The second-order valence-corrected chi connectivity index (χ2v) is 17.4. The zero-order chi connectivity index (χ0) is 46.2. The molecule has 0 aliphatic carbocycles. The molecule has 4 rings (SSSR count). The zero-order valence-electron chi connectivity index (χ0n) is 37.2.